The highest BCUT2D eigenvalue weighted by atomic mass is 16.6. The van der Waals surface area contributed by atoms with Gasteiger partial charge in [0.15, 0.2) is 0 Å². The lowest BCUT2D eigenvalue weighted by molar-refractivity contribution is 0.00819. The van der Waals surface area contributed by atoms with E-state index in [0.717, 1.165) is 19.5 Å². The average molecular weight is 261 g/mol. The van der Waals surface area contributed by atoms with E-state index in [9.17, 15) is 4.79 Å². The second-order valence-electron chi connectivity index (χ2n) is 6.18. The topological polar surface area (TPSA) is 29.5 Å². The first-order chi connectivity index (χ1) is 8.89. The van der Waals surface area contributed by atoms with Gasteiger partial charge in [0.05, 0.1) is 0 Å². The first-order valence-corrected chi connectivity index (χ1v) is 6.96. The van der Waals surface area contributed by atoms with Crippen molar-refractivity contribution in [2.45, 2.75) is 45.6 Å². The van der Waals surface area contributed by atoms with Gasteiger partial charge in [-0.2, -0.15) is 0 Å². The molecule has 1 saturated heterocycles. The Morgan fingerprint density at radius 2 is 2.05 bits per heavy atom. The summed E-state index contributed by atoms with van der Waals surface area (Å²) in [6.45, 7) is 9.38. The normalized spacial score (nSPS) is 16.1. The Kier molecular flexibility index (Phi) is 3.83. The fraction of sp³-hybridized carbons (Fsp3) is 0.562. The fourth-order valence-electron chi connectivity index (χ4n) is 2.23. The summed E-state index contributed by atoms with van der Waals surface area (Å²) in [5.74, 6) is 0.457. The van der Waals surface area contributed by atoms with Gasteiger partial charge in [-0.15, -0.1) is 0 Å². The minimum absolute atomic E-state index is 0.199. The summed E-state index contributed by atoms with van der Waals surface area (Å²) in [5, 5.41) is 0. The Labute approximate surface area is 115 Å². The molecule has 0 radical (unpaired) electrons. The molecular formula is C16H23NO2. The van der Waals surface area contributed by atoms with Gasteiger partial charge in [-0.25, -0.2) is 4.79 Å². The Morgan fingerprint density at radius 3 is 2.63 bits per heavy atom. The number of likely N-dealkylation sites (tertiary alicyclic amines) is 1. The van der Waals surface area contributed by atoms with Crippen LogP contribution in [-0.2, 0) is 11.2 Å². The molecule has 19 heavy (non-hydrogen) atoms. The van der Waals surface area contributed by atoms with E-state index in [1.807, 2.05) is 20.8 Å². The van der Waals surface area contributed by atoms with E-state index in [1.54, 1.807) is 4.90 Å². The lowest BCUT2D eigenvalue weighted by atomic mass is 9.90. The molecule has 0 aliphatic carbocycles. The Morgan fingerprint density at radius 1 is 1.37 bits per heavy atom. The van der Waals surface area contributed by atoms with Gasteiger partial charge < -0.3 is 9.64 Å². The molecule has 0 N–H and O–H groups in total. The zero-order valence-corrected chi connectivity index (χ0v) is 12.3. The first kappa shape index (κ1) is 13.9. The molecule has 2 rings (SSSR count). The zero-order valence-electron chi connectivity index (χ0n) is 12.3. The van der Waals surface area contributed by atoms with Gasteiger partial charge in [0.25, 0.3) is 0 Å². The van der Waals surface area contributed by atoms with E-state index in [0.29, 0.717) is 5.92 Å². The van der Waals surface area contributed by atoms with E-state index < -0.39 is 5.60 Å². The summed E-state index contributed by atoms with van der Waals surface area (Å²) < 4.78 is 5.36. The van der Waals surface area contributed by atoms with Gasteiger partial charge in [-0.1, -0.05) is 31.2 Å². The third-order valence-electron chi connectivity index (χ3n) is 3.36. The molecule has 1 amide bonds. The van der Waals surface area contributed by atoms with Crippen molar-refractivity contribution in [3.8, 4) is 0 Å². The third kappa shape index (κ3) is 3.49. The van der Waals surface area contributed by atoms with Crippen LogP contribution in [0.25, 0.3) is 0 Å². The quantitative estimate of drug-likeness (QED) is 0.814. The molecule has 104 valence electrons. The van der Waals surface area contributed by atoms with E-state index in [-0.39, 0.29) is 6.09 Å². The minimum atomic E-state index is -0.412. The van der Waals surface area contributed by atoms with Crippen LogP contribution < -0.4 is 0 Å². The monoisotopic (exact) mass is 261 g/mol. The van der Waals surface area contributed by atoms with Crippen LogP contribution in [0.2, 0.25) is 0 Å². The number of nitrogens with zero attached hydrogens (tertiary/aromatic N) is 1. The van der Waals surface area contributed by atoms with Crippen LogP contribution in [-0.4, -0.2) is 29.7 Å². The van der Waals surface area contributed by atoms with Crippen molar-refractivity contribution in [1.29, 1.82) is 0 Å². The number of carbonyl (C=O) groups is 1. The van der Waals surface area contributed by atoms with E-state index in [4.69, 9.17) is 4.74 Å². The number of benzene rings is 1. The van der Waals surface area contributed by atoms with Crippen LogP contribution in [0.3, 0.4) is 0 Å². The summed E-state index contributed by atoms with van der Waals surface area (Å²) in [6, 6.07) is 8.64. The predicted octanol–water partition coefficient (Wildman–Crippen LogP) is 3.58. The SMILES string of the molecule is CCc1cccc(C2CN(C(=O)OC(C)(C)C)C2)c1. The molecule has 1 fully saturated rings. The molecule has 1 aliphatic rings. The molecule has 0 bridgehead atoms. The van der Waals surface area contributed by atoms with Gasteiger partial charge >= 0.3 is 6.09 Å². The molecule has 1 aromatic rings. The molecule has 0 saturated carbocycles. The summed E-state index contributed by atoms with van der Waals surface area (Å²) >= 11 is 0. The molecular weight excluding hydrogens is 238 g/mol. The van der Waals surface area contributed by atoms with Crippen LogP contribution in [0.5, 0.6) is 0 Å². The number of carbonyl (C=O) groups excluding carboxylic acids is 1. The summed E-state index contributed by atoms with van der Waals surface area (Å²) in [7, 11) is 0. The van der Waals surface area contributed by atoms with Crippen molar-refractivity contribution < 1.29 is 9.53 Å². The van der Waals surface area contributed by atoms with Crippen molar-refractivity contribution in [2.24, 2.45) is 0 Å². The minimum Gasteiger partial charge on any atom is -0.444 e. The van der Waals surface area contributed by atoms with E-state index in [1.165, 1.54) is 11.1 Å². The Hall–Kier alpha value is -1.51. The Balaban J connectivity index is 1.90. The highest BCUT2D eigenvalue weighted by molar-refractivity contribution is 5.69. The van der Waals surface area contributed by atoms with Crippen molar-refractivity contribution >= 4 is 6.09 Å². The van der Waals surface area contributed by atoms with Crippen LogP contribution in [0, 0.1) is 0 Å². The maximum Gasteiger partial charge on any atom is 0.410 e. The van der Waals surface area contributed by atoms with Crippen molar-refractivity contribution in [2.75, 3.05) is 13.1 Å². The van der Waals surface area contributed by atoms with Crippen molar-refractivity contribution in [3.05, 3.63) is 35.4 Å². The fourth-order valence-corrected chi connectivity index (χ4v) is 2.23. The maximum atomic E-state index is 11.8. The number of amides is 1. The second-order valence-corrected chi connectivity index (χ2v) is 6.18. The van der Waals surface area contributed by atoms with Gasteiger partial charge in [0.2, 0.25) is 0 Å². The van der Waals surface area contributed by atoms with E-state index >= 15 is 0 Å². The highest BCUT2D eigenvalue weighted by Crippen LogP contribution is 2.28. The largest absolute Gasteiger partial charge is 0.444 e. The molecule has 0 unspecified atom stereocenters. The number of hydrogen-bond donors (Lipinski definition) is 0. The molecule has 0 aromatic heterocycles. The van der Waals surface area contributed by atoms with Crippen LogP contribution in [0.1, 0.15) is 44.7 Å². The summed E-state index contributed by atoms with van der Waals surface area (Å²) in [5.41, 5.74) is 2.27. The molecule has 0 spiro atoms. The van der Waals surface area contributed by atoms with Crippen molar-refractivity contribution in [3.63, 3.8) is 0 Å². The average Bonchev–Trinajstić information content (AvgIpc) is 2.25. The standard InChI is InChI=1S/C16H23NO2/c1-5-12-7-6-8-13(9-12)14-10-17(11-14)15(18)19-16(2,3)4/h6-9,14H,5,10-11H2,1-4H3. The molecule has 1 aliphatic heterocycles. The highest BCUT2D eigenvalue weighted by Gasteiger charge is 2.34. The smallest absolute Gasteiger partial charge is 0.410 e. The van der Waals surface area contributed by atoms with Gasteiger partial charge in [-0.3, -0.25) is 0 Å². The number of rotatable bonds is 2. The van der Waals surface area contributed by atoms with Gasteiger partial charge in [-0.05, 0) is 38.3 Å². The molecule has 0 atom stereocenters. The van der Waals surface area contributed by atoms with Crippen molar-refractivity contribution in [1.82, 2.24) is 4.90 Å². The Bertz CT molecular complexity index is 456. The molecule has 3 heteroatoms. The lowest BCUT2D eigenvalue weighted by Crippen LogP contribution is -2.50. The summed E-state index contributed by atoms with van der Waals surface area (Å²) in [6.07, 6.45) is 0.853. The lowest BCUT2D eigenvalue weighted by Gasteiger charge is -2.40. The molecule has 3 nitrogen and oxygen atoms in total. The number of hydrogen-bond acceptors (Lipinski definition) is 2. The molecule has 1 aromatic carbocycles. The zero-order chi connectivity index (χ0) is 14.0. The third-order valence-corrected chi connectivity index (χ3v) is 3.36. The second kappa shape index (κ2) is 5.24. The number of ether oxygens (including phenoxy) is 1. The maximum absolute atomic E-state index is 11.8. The molecule has 1 heterocycles. The van der Waals surface area contributed by atoms with E-state index in [2.05, 4.69) is 31.2 Å². The number of aryl methyl sites for hydroxylation is 1. The van der Waals surface area contributed by atoms with Gasteiger partial charge in [0, 0.05) is 19.0 Å². The predicted molar refractivity (Wildman–Crippen MR) is 76.4 cm³/mol. The van der Waals surface area contributed by atoms with Crippen LogP contribution in [0.4, 0.5) is 4.79 Å². The summed E-state index contributed by atoms with van der Waals surface area (Å²) in [4.78, 5) is 13.6. The van der Waals surface area contributed by atoms with Gasteiger partial charge in [0.1, 0.15) is 5.60 Å². The van der Waals surface area contributed by atoms with Crippen LogP contribution in [0.15, 0.2) is 24.3 Å². The van der Waals surface area contributed by atoms with Crippen LogP contribution >= 0.6 is 0 Å². The first-order valence-electron chi connectivity index (χ1n) is 6.96.